The van der Waals surface area contributed by atoms with E-state index in [9.17, 15) is 18.0 Å². The maximum absolute atomic E-state index is 12.5. The summed E-state index contributed by atoms with van der Waals surface area (Å²) in [6.07, 6.45) is 2.25. The molecule has 7 nitrogen and oxygen atoms in total. The number of rotatable bonds is 6. The van der Waals surface area contributed by atoms with Gasteiger partial charge in [0.05, 0.1) is 15.6 Å². The molecule has 3 rings (SSSR count). The van der Waals surface area contributed by atoms with Gasteiger partial charge in [0.25, 0.3) is 0 Å². The first-order valence-electron chi connectivity index (χ1n) is 9.31. The number of anilines is 1. The van der Waals surface area contributed by atoms with Crippen LogP contribution in [0.5, 0.6) is 0 Å². The molecular weight excluding hydrogens is 414 g/mol. The van der Waals surface area contributed by atoms with Crippen LogP contribution in [0.2, 0.25) is 5.02 Å². The zero-order valence-electron chi connectivity index (χ0n) is 15.7. The third-order valence-electron chi connectivity index (χ3n) is 4.65. The molecule has 0 saturated carbocycles. The van der Waals surface area contributed by atoms with Crippen molar-refractivity contribution in [2.24, 2.45) is 0 Å². The molecule has 0 radical (unpaired) electrons. The largest absolute Gasteiger partial charge is 0.347 e. The summed E-state index contributed by atoms with van der Waals surface area (Å²) in [6, 6.07) is 13.2. The number of sulfonamides is 1. The molecule has 0 atom stereocenters. The Morgan fingerprint density at radius 1 is 0.966 bits per heavy atom. The van der Waals surface area contributed by atoms with Crippen LogP contribution >= 0.6 is 11.6 Å². The molecule has 0 unspecified atom stereocenters. The number of carbonyl (C=O) groups excluding carboxylic acids is 2. The summed E-state index contributed by atoms with van der Waals surface area (Å²) >= 11 is 5.95. The number of benzene rings is 2. The fourth-order valence-corrected chi connectivity index (χ4v) is 4.75. The molecule has 2 N–H and O–H groups in total. The van der Waals surface area contributed by atoms with Gasteiger partial charge in [-0.2, -0.15) is 4.31 Å². The van der Waals surface area contributed by atoms with Gasteiger partial charge in [-0.3, -0.25) is 9.59 Å². The summed E-state index contributed by atoms with van der Waals surface area (Å²) < 4.78 is 26.5. The first-order chi connectivity index (χ1) is 13.9. The molecule has 2 aromatic rings. The van der Waals surface area contributed by atoms with Crippen LogP contribution in [0.25, 0.3) is 0 Å². The first-order valence-corrected chi connectivity index (χ1v) is 11.1. The Hall–Kier alpha value is -2.42. The number of halogens is 1. The van der Waals surface area contributed by atoms with E-state index in [4.69, 9.17) is 11.6 Å². The number of para-hydroxylation sites is 1. The minimum atomic E-state index is -3.43. The zero-order chi connectivity index (χ0) is 20.9. The normalized spacial score (nSPS) is 14.5. The van der Waals surface area contributed by atoms with Gasteiger partial charge in [0.1, 0.15) is 0 Å². The average molecular weight is 436 g/mol. The molecule has 2 amide bonds. The quantitative estimate of drug-likeness (QED) is 0.681. The Bertz CT molecular complexity index is 987. The van der Waals surface area contributed by atoms with Gasteiger partial charge in [-0.25, -0.2) is 8.42 Å². The van der Waals surface area contributed by atoms with Gasteiger partial charge in [-0.05, 0) is 49.1 Å². The molecule has 2 aromatic carbocycles. The predicted molar refractivity (Wildman–Crippen MR) is 111 cm³/mol. The molecule has 0 aliphatic carbocycles. The van der Waals surface area contributed by atoms with Gasteiger partial charge < -0.3 is 10.6 Å². The van der Waals surface area contributed by atoms with E-state index in [1.807, 2.05) is 0 Å². The Labute approximate surface area is 175 Å². The fraction of sp³-hybridized carbons (Fsp3) is 0.300. The lowest BCUT2D eigenvalue weighted by molar-refractivity contribution is -0.136. The lowest BCUT2D eigenvalue weighted by Gasteiger charge is -2.15. The van der Waals surface area contributed by atoms with Crippen molar-refractivity contribution < 1.29 is 18.0 Å². The zero-order valence-corrected chi connectivity index (χ0v) is 17.3. The van der Waals surface area contributed by atoms with Gasteiger partial charge in [0.2, 0.25) is 10.0 Å². The van der Waals surface area contributed by atoms with E-state index in [1.54, 1.807) is 48.5 Å². The van der Waals surface area contributed by atoms with Crippen LogP contribution in [0.1, 0.15) is 18.4 Å². The second-order valence-electron chi connectivity index (χ2n) is 6.70. The van der Waals surface area contributed by atoms with Gasteiger partial charge in [-0.1, -0.05) is 35.9 Å². The van der Waals surface area contributed by atoms with E-state index in [-0.39, 0.29) is 11.4 Å². The standard InChI is InChI=1S/C20H22ClN3O4S/c21-17-5-1-2-6-18(17)23-20(26)19(25)22-12-11-15-7-9-16(10-8-15)29(27,28)24-13-3-4-14-24/h1-2,5-10H,3-4,11-14H2,(H,22,25)(H,23,26). The van der Waals surface area contributed by atoms with E-state index in [2.05, 4.69) is 10.6 Å². The van der Waals surface area contributed by atoms with Crippen LogP contribution in [0, 0.1) is 0 Å². The lowest BCUT2D eigenvalue weighted by atomic mass is 10.1. The van der Waals surface area contributed by atoms with Gasteiger partial charge >= 0.3 is 11.8 Å². The SMILES string of the molecule is O=C(NCCc1ccc(S(=O)(=O)N2CCCC2)cc1)C(=O)Nc1ccccc1Cl. The molecule has 0 spiro atoms. The summed E-state index contributed by atoms with van der Waals surface area (Å²) in [5.74, 6) is -1.57. The summed E-state index contributed by atoms with van der Waals surface area (Å²) in [6.45, 7) is 1.37. The molecular formula is C20H22ClN3O4S. The maximum Gasteiger partial charge on any atom is 0.313 e. The molecule has 1 aliphatic rings. The number of hydrogen-bond acceptors (Lipinski definition) is 4. The van der Waals surface area contributed by atoms with Crippen molar-refractivity contribution in [1.29, 1.82) is 0 Å². The number of nitrogens with zero attached hydrogens (tertiary/aromatic N) is 1. The molecule has 9 heteroatoms. The molecule has 29 heavy (non-hydrogen) atoms. The van der Waals surface area contributed by atoms with Gasteiger partial charge in [-0.15, -0.1) is 0 Å². The van der Waals surface area contributed by atoms with Crippen LogP contribution in [-0.4, -0.2) is 44.2 Å². The monoisotopic (exact) mass is 435 g/mol. The highest BCUT2D eigenvalue weighted by Crippen LogP contribution is 2.21. The van der Waals surface area contributed by atoms with Gasteiger partial charge in [0.15, 0.2) is 0 Å². The van der Waals surface area contributed by atoms with Crippen molar-refractivity contribution in [3.63, 3.8) is 0 Å². The molecule has 1 saturated heterocycles. The highest BCUT2D eigenvalue weighted by atomic mass is 35.5. The third-order valence-corrected chi connectivity index (χ3v) is 6.90. The Kier molecular flexibility index (Phi) is 6.89. The van der Waals surface area contributed by atoms with E-state index in [0.29, 0.717) is 30.2 Å². The molecule has 1 heterocycles. The van der Waals surface area contributed by atoms with Crippen molar-refractivity contribution in [3.8, 4) is 0 Å². The minimum Gasteiger partial charge on any atom is -0.347 e. The first kappa shape index (κ1) is 21.3. The number of carbonyl (C=O) groups is 2. The Balaban J connectivity index is 1.49. The molecule has 0 bridgehead atoms. The number of hydrogen-bond donors (Lipinski definition) is 2. The minimum absolute atomic E-state index is 0.243. The highest BCUT2D eigenvalue weighted by Gasteiger charge is 2.26. The maximum atomic E-state index is 12.5. The van der Waals surface area contributed by atoms with Crippen LogP contribution in [-0.2, 0) is 26.0 Å². The van der Waals surface area contributed by atoms with E-state index in [0.717, 1.165) is 18.4 Å². The third kappa shape index (κ3) is 5.35. The lowest BCUT2D eigenvalue weighted by Crippen LogP contribution is -2.36. The molecule has 1 aliphatic heterocycles. The highest BCUT2D eigenvalue weighted by molar-refractivity contribution is 7.89. The molecule has 1 fully saturated rings. The second kappa shape index (κ2) is 9.39. The van der Waals surface area contributed by atoms with E-state index in [1.165, 1.54) is 4.31 Å². The van der Waals surface area contributed by atoms with Gasteiger partial charge in [0, 0.05) is 19.6 Å². The Morgan fingerprint density at radius 3 is 2.28 bits per heavy atom. The number of nitrogens with one attached hydrogen (secondary N) is 2. The van der Waals surface area contributed by atoms with Crippen LogP contribution in [0.3, 0.4) is 0 Å². The fourth-order valence-electron chi connectivity index (χ4n) is 3.05. The molecule has 154 valence electrons. The van der Waals surface area contributed by atoms with Crippen molar-refractivity contribution in [2.45, 2.75) is 24.2 Å². The van der Waals surface area contributed by atoms with E-state index < -0.39 is 21.8 Å². The summed E-state index contributed by atoms with van der Waals surface area (Å²) in [7, 11) is -3.43. The van der Waals surface area contributed by atoms with Crippen molar-refractivity contribution in [3.05, 3.63) is 59.1 Å². The van der Waals surface area contributed by atoms with Crippen molar-refractivity contribution >= 4 is 39.1 Å². The summed E-state index contributed by atoms with van der Waals surface area (Å²) in [4.78, 5) is 24.1. The van der Waals surface area contributed by atoms with Crippen LogP contribution in [0.4, 0.5) is 5.69 Å². The van der Waals surface area contributed by atoms with Crippen molar-refractivity contribution in [2.75, 3.05) is 25.0 Å². The predicted octanol–water partition coefficient (Wildman–Crippen LogP) is 2.42. The number of amides is 2. The average Bonchev–Trinajstić information content (AvgIpc) is 3.26. The summed E-state index contributed by atoms with van der Waals surface area (Å²) in [5, 5.41) is 5.34. The second-order valence-corrected chi connectivity index (χ2v) is 9.04. The van der Waals surface area contributed by atoms with Crippen LogP contribution < -0.4 is 10.6 Å². The smallest absolute Gasteiger partial charge is 0.313 e. The summed E-state index contributed by atoms with van der Waals surface area (Å²) in [5.41, 5.74) is 1.22. The van der Waals surface area contributed by atoms with E-state index >= 15 is 0 Å². The van der Waals surface area contributed by atoms with Crippen LogP contribution in [0.15, 0.2) is 53.4 Å². The topological polar surface area (TPSA) is 95.6 Å². The van der Waals surface area contributed by atoms with Crippen molar-refractivity contribution in [1.82, 2.24) is 9.62 Å². The Morgan fingerprint density at radius 2 is 1.62 bits per heavy atom. The molecule has 0 aromatic heterocycles.